The van der Waals surface area contributed by atoms with Crippen molar-refractivity contribution in [3.05, 3.63) is 174 Å². The molecule has 0 fully saturated rings. The van der Waals surface area contributed by atoms with Crippen molar-refractivity contribution < 1.29 is 62.4 Å². The number of ketones is 2. The summed E-state index contributed by atoms with van der Waals surface area (Å²) in [5.41, 5.74) is 4.03. The highest BCUT2D eigenvalue weighted by atomic mass is 35.5. The highest BCUT2D eigenvalue weighted by Crippen LogP contribution is 2.38. The smallest absolute Gasteiger partial charge is 0.399 e. The molecule has 0 atom stereocenters. The van der Waals surface area contributed by atoms with E-state index in [4.69, 9.17) is 56.9 Å². The van der Waals surface area contributed by atoms with Gasteiger partial charge in [-0.15, -0.1) is 0 Å². The Bertz CT molecular complexity index is 3370. The van der Waals surface area contributed by atoms with Gasteiger partial charge in [0.05, 0.1) is 58.8 Å². The minimum absolute atomic E-state index is 0.00404. The number of nitrogens with two attached hydrogens (primary N) is 1. The van der Waals surface area contributed by atoms with Gasteiger partial charge >= 0.3 is 12.4 Å². The van der Waals surface area contributed by atoms with Crippen molar-refractivity contribution in [3.63, 3.8) is 0 Å². The maximum Gasteiger partial charge on any atom is 0.417 e. The Morgan fingerprint density at radius 3 is 1.45 bits per heavy atom. The molecule has 0 saturated heterocycles. The first-order chi connectivity index (χ1) is 33.8. The quantitative estimate of drug-likeness (QED) is 0.0368. The molecule has 2 heterocycles. The molecule has 386 valence electrons. The molecule has 0 aliphatic carbocycles. The van der Waals surface area contributed by atoms with Crippen LogP contribution in [0.4, 0.5) is 43.4 Å². The van der Waals surface area contributed by atoms with Crippen LogP contribution in [0, 0.1) is 13.8 Å². The summed E-state index contributed by atoms with van der Waals surface area (Å²) in [6.45, 7) is 9.60. The second kappa shape index (κ2) is 24.0. The van der Waals surface area contributed by atoms with Gasteiger partial charge in [-0.2, -0.15) is 26.3 Å². The summed E-state index contributed by atoms with van der Waals surface area (Å²) >= 11 is 23.0. The van der Waals surface area contributed by atoms with Crippen molar-refractivity contribution in [2.45, 2.75) is 62.3 Å². The molecule has 2 aromatic heterocycles. The molecule has 26 heteroatoms. The third-order valence-electron chi connectivity index (χ3n) is 9.60. The van der Waals surface area contributed by atoms with Crippen molar-refractivity contribution >= 4 is 107 Å². The number of anilines is 3. The first-order valence-electron chi connectivity index (χ1n) is 20.4. The van der Waals surface area contributed by atoms with Crippen molar-refractivity contribution in [1.29, 1.82) is 0 Å². The van der Waals surface area contributed by atoms with Crippen LogP contribution in [0.5, 0.6) is 0 Å². The van der Waals surface area contributed by atoms with E-state index >= 15 is 0 Å². The molecule has 0 aliphatic heterocycles. The number of amides is 1. The summed E-state index contributed by atoms with van der Waals surface area (Å²) in [6.07, 6.45) is -7.49. The molecular formula is C47H38Cl4F6N6O8S2. The summed E-state index contributed by atoms with van der Waals surface area (Å²) in [5, 5.41) is 1.39. The number of pyridine rings is 2. The Labute approximate surface area is 434 Å². The number of hydrogen-bond acceptors (Lipinski definition) is 11. The van der Waals surface area contributed by atoms with Crippen molar-refractivity contribution in [3.8, 4) is 0 Å². The Morgan fingerprint density at radius 1 is 0.658 bits per heavy atom. The van der Waals surface area contributed by atoms with Crippen LogP contribution in [0.3, 0.4) is 0 Å². The number of aryl methyl sites for hydroxylation is 2. The van der Waals surface area contributed by atoms with Gasteiger partial charge in [0, 0.05) is 35.2 Å². The molecule has 4 aromatic carbocycles. The number of rotatable bonds is 13. The number of nitrogen functional groups attached to an aromatic ring is 1. The number of halogens is 10. The molecule has 0 spiro atoms. The lowest BCUT2D eigenvalue weighted by atomic mass is 9.97. The number of carbonyl (C=O) groups excluding carboxylic acids is 4. The van der Waals surface area contributed by atoms with Gasteiger partial charge in [0.15, 0.2) is 0 Å². The van der Waals surface area contributed by atoms with Gasteiger partial charge in [0.25, 0.3) is 20.0 Å². The molecule has 0 unspecified atom stereocenters. The third kappa shape index (κ3) is 15.7. The molecule has 0 bridgehead atoms. The predicted octanol–water partition coefficient (Wildman–Crippen LogP) is 11.1. The van der Waals surface area contributed by atoms with Crippen LogP contribution in [-0.4, -0.2) is 56.3 Å². The van der Waals surface area contributed by atoms with Crippen molar-refractivity contribution in [2.24, 2.45) is 0 Å². The topological polar surface area (TPSA) is 224 Å². The maximum atomic E-state index is 13.5. The highest BCUT2D eigenvalue weighted by Gasteiger charge is 2.36. The van der Waals surface area contributed by atoms with E-state index in [1.54, 1.807) is 38.1 Å². The fourth-order valence-electron chi connectivity index (χ4n) is 6.30. The average Bonchev–Trinajstić information content (AvgIpc) is 3.27. The molecule has 1 amide bonds. The number of alkyl halides is 6. The van der Waals surface area contributed by atoms with E-state index in [1.807, 2.05) is 13.8 Å². The van der Waals surface area contributed by atoms with E-state index in [9.17, 15) is 57.6 Å². The fourth-order valence-corrected chi connectivity index (χ4v) is 9.23. The lowest BCUT2D eigenvalue weighted by Crippen LogP contribution is -2.31. The molecular weight excluding hydrogens is 1100 g/mol. The zero-order chi connectivity index (χ0) is 55.0. The number of hydrogen-bond donors (Lipinski definition) is 4. The van der Waals surface area contributed by atoms with E-state index < -0.39 is 74.9 Å². The van der Waals surface area contributed by atoms with E-state index in [-0.39, 0.29) is 62.3 Å². The number of benzene rings is 4. The Morgan fingerprint density at radius 2 is 1.05 bits per heavy atom. The average molecular weight is 1130 g/mol. The minimum atomic E-state index is -4.89. The molecule has 0 radical (unpaired) electrons. The Balaban J connectivity index is 0.000000304. The van der Waals surface area contributed by atoms with Crippen LogP contribution in [-0.2, 0) is 48.4 Å². The number of aromatic nitrogens is 2. The second-order valence-corrected chi connectivity index (χ2v) is 20.6. The third-order valence-corrected chi connectivity index (χ3v) is 13.4. The largest absolute Gasteiger partial charge is 0.417 e. The van der Waals surface area contributed by atoms with Gasteiger partial charge in [-0.3, -0.25) is 23.8 Å². The molecule has 0 saturated carbocycles. The number of nitrogens with one attached hydrogen (secondary N) is 3. The molecule has 6 aromatic rings. The maximum absolute atomic E-state index is 13.5. The van der Waals surface area contributed by atoms with Crippen LogP contribution < -0.4 is 20.5 Å². The normalized spacial score (nSPS) is 11.5. The van der Waals surface area contributed by atoms with Gasteiger partial charge < -0.3 is 11.1 Å². The van der Waals surface area contributed by atoms with E-state index in [0.717, 1.165) is 48.8 Å². The first-order valence-corrected chi connectivity index (χ1v) is 24.9. The monoisotopic (exact) mass is 1130 g/mol. The molecule has 14 nitrogen and oxygen atoms in total. The highest BCUT2D eigenvalue weighted by molar-refractivity contribution is 7.93. The van der Waals surface area contributed by atoms with E-state index in [2.05, 4.69) is 31.3 Å². The van der Waals surface area contributed by atoms with Gasteiger partial charge in [0.1, 0.15) is 17.3 Å². The van der Waals surface area contributed by atoms with Gasteiger partial charge in [-0.25, -0.2) is 31.6 Å². The molecule has 73 heavy (non-hydrogen) atoms. The lowest BCUT2D eigenvalue weighted by molar-refractivity contribution is -0.138. The van der Waals surface area contributed by atoms with Gasteiger partial charge in [-0.05, 0) is 118 Å². The van der Waals surface area contributed by atoms with E-state index in [0.29, 0.717) is 34.5 Å². The summed E-state index contributed by atoms with van der Waals surface area (Å²) in [5.74, 6) is -0.340. The first kappa shape index (κ1) is 59.0. The SMILES string of the molecule is C=C=O.Cc1ccc(CC(=O)NC(C)C)cc1C(=O)c1ncc(Cl)cc1NS(=O)(=O)c1ccc(Cl)c(C(F)(F)F)c1.Cc1ccc(N)cc1C(=O)c1ncc(Cl)cc1NS(=O)(=O)c1ccc(Cl)c(C(F)(F)F)c1. The summed E-state index contributed by atoms with van der Waals surface area (Å²) < 4.78 is 135. The van der Waals surface area contributed by atoms with Crippen molar-refractivity contribution in [1.82, 2.24) is 15.3 Å². The van der Waals surface area contributed by atoms with Crippen LogP contribution in [0.15, 0.2) is 114 Å². The number of sulfonamides is 2. The van der Waals surface area contributed by atoms with Gasteiger partial charge in [0.2, 0.25) is 17.5 Å². The van der Waals surface area contributed by atoms with Gasteiger partial charge in [-0.1, -0.05) is 64.6 Å². The number of nitrogens with zero attached hydrogens (tertiary/aromatic N) is 2. The summed E-state index contributed by atoms with van der Waals surface area (Å²) in [7, 11) is -9.20. The lowest BCUT2D eigenvalue weighted by Gasteiger charge is -2.15. The zero-order valence-corrected chi connectivity index (χ0v) is 42.7. The second-order valence-electron chi connectivity index (χ2n) is 15.5. The zero-order valence-electron chi connectivity index (χ0n) is 38.1. The van der Waals surface area contributed by atoms with Crippen LogP contribution in [0.2, 0.25) is 20.1 Å². The molecule has 6 rings (SSSR count). The summed E-state index contributed by atoms with van der Waals surface area (Å²) in [6, 6.07) is 15.8. The fraction of sp³-hybridized carbons (Fsp3) is 0.170. The predicted molar refractivity (Wildman–Crippen MR) is 265 cm³/mol. The minimum Gasteiger partial charge on any atom is -0.399 e. The summed E-state index contributed by atoms with van der Waals surface area (Å²) in [4.78, 5) is 53.7. The molecule has 0 aliphatic rings. The number of carbonyl (C=O) groups is 3. The van der Waals surface area contributed by atoms with Crippen LogP contribution >= 0.6 is 46.4 Å². The van der Waals surface area contributed by atoms with Crippen LogP contribution in [0.25, 0.3) is 0 Å². The molecule has 5 N–H and O–H groups in total. The standard InChI is InChI=1S/C25H22Cl2F3N3O4S.C20H14Cl2F3N3O3S.C2H2O/c1-13(2)32-22(34)9-15-5-4-14(3)18(8-15)24(35)23-21(10-16(26)12-31-23)33-38(36,37)17-6-7-20(27)19(11-17)25(28,29)30;1-10-2-3-12(26)7-14(10)19(29)18-17(6-11(21)9-27-18)28-32(30,31)13-4-5-16(22)15(8-13)20(23,24)25;1-2-3/h4-8,10-13,33H,9H2,1-3H3,(H,32,34);2-9,28H,26H2,1H3;1H2. The Hall–Kier alpha value is -6.52. The van der Waals surface area contributed by atoms with Crippen LogP contribution in [0.1, 0.15) is 73.8 Å². The Kier molecular flexibility index (Phi) is 19.4. The van der Waals surface area contributed by atoms with Crippen molar-refractivity contribution in [2.75, 3.05) is 15.2 Å². The van der Waals surface area contributed by atoms with E-state index in [1.165, 1.54) is 18.1 Å².